The number of amides is 1. The molecule has 2 rings (SSSR count). The molecule has 1 amide bonds. The maximum Gasteiger partial charge on any atom is 0.471 e. The number of nitrogens with zero attached hydrogens (tertiary/aromatic N) is 2. The zero-order valence-corrected chi connectivity index (χ0v) is 12.2. The number of aryl methyl sites for hydroxylation is 1. The molecule has 6 nitrogen and oxygen atoms in total. The minimum absolute atomic E-state index is 0.0237. The third-order valence-electron chi connectivity index (χ3n) is 2.77. The Balaban J connectivity index is 1.70. The molecule has 23 heavy (non-hydrogen) atoms. The van der Waals surface area contributed by atoms with Crippen molar-refractivity contribution in [2.75, 3.05) is 13.2 Å². The summed E-state index contributed by atoms with van der Waals surface area (Å²) in [5, 5.41) is 5.69. The van der Waals surface area contributed by atoms with E-state index >= 15 is 0 Å². The predicted molar refractivity (Wildman–Crippen MR) is 72.7 cm³/mol. The van der Waals surface area contributed by atoms with Crippen molar-refractivity contribution in [1.82, 2.24) is 15.5 Å². The molecular weight excluding hydrogens is 315 g/mol. The Morgan fingerprint density at radius 1 is 1.30 bits per heavy atom. The van der Waals surface area contributed by atoms with Gasteiger partial charge in [-0.1, -0.05) is 22.9 Å². The van der Waals surface area contributed by atoms with Gasteiger partial charge in [-0.3, -0.25) is 4.79 Å². The SMILES string of the molecule is Cc1ccc(OCC(=O)NCCc2noc(C(F)(F)F)n2)cc1. The van der Waals surface area contributed by atoms with Crippen molar-refractivity contribution in [3.05, 3.63) is 41.5 Å². The largest absolute Gasteiger partial charge is 0.484 e. The van der Waals surface area contributed by atoms with Crippen molar-refractivity contribution in [3.63, 3.8) is 0 Å². The minimum Gasteiger partial charge on any atom is -0.484 e. The van der Waals surface area contributed by atoms with Crippen LogP contribution in [0.5, 0.6) is 5.75 Å². The molecule has 1 aromatic carbocycles. The molecule has 1 N–H and O–H groups in total. The lowest BCUT2D eigenvalue weighted by atomic mass is 10.2. The van der Waals surface area contributed by atoms with E-state index in [1.165, 1.54) is 0 Å². The molecule has 2 aromatic rings. The van der Waals surface area contributed by atoms with Gasteiger partial charge >= 0.3 is 12.1 Å². The van der Waals surface area contributed by atoms with Crippen LogP contribution in [0.3, 0.4) is 0 Å². The van der Waals surface area contributed by atoms with Gasteiger partial charge in [-0.25, -0.2) is 0 Å². The van der Waals surface area contributed by atoms with Crippen LogP contribution in [-0.4, -0.2) is 29.2 Å². The third kappa shape index (κ3) is 5.28. The zero-order valence-electron chi connectivity index (χ0n) is 12.2. The van der Waals surface area contributed by atoms with E-state index in [2.05, 4.69) is 20.0 Å². The van der Waals surface area contributed by atoms with Gasteiger partial charge in [-0.15, -0.1) is 0 Å². The van der Waals surface area contributed by atoms with Crippen LogP contribution in [-0.2, 0) is 17.4 Å². The van der Waals surface area contributed by atoms with Crippen molar-refractivity contribution in [3.8, 4) is 5.75 Å². The Labute approximate surface area is 129 Å². The fourth-order valence-electron chi connectivity index (χ4n) is 1.62. The molecule has 9 heteroatoms. The van der Waals surface area contributed by atoms with E-state index in [1.807, 2.05) is 19.1 Å². The van der Waals surface area contributed by atoms with Gasteiger partial charge in [0.05, 0.1) is 0 Å². The first kappa shape index (κ1) is 16.8. The predicted octanol–water partition coefficient (Wildman–Crippen LogP) is 2.13. The third-order valence-corrected chi connectivity index (χ3v) is 2.77. The second-order valence-corrected chi connectivity index (χ2v) is 4.72. The van der Waals surface area contributed by atoms with Crippen LogP contribution in [0, 0.1) is 6.92 Å². The highest BCUT2D eigenvalue weighted by molar-refractivity contribution is 5.77. The van der Waals surface area contributed by atoms with Gasteiger partial charge in [0.1, 0.15) is 5.75 Å². The number of carbonyl (C=O) groups excluding carboxylic acids is 1. The first-order chi connectivity index (χ1) is 10.8. The number of alkyl halides is 3. The Bertz CT molecular complexity index is 653. The van der Waals surface area contributed by atoms with Crippen LogP contribution >= 0.6 is 0 Å². The van der Waals surface area contributed by atoms with Crippen molar-refractivity contribution in [1.29, 1.82) is 0 Å². The topological polar surface area (TPSA) is 77.2 Å². The zero-order chi connectivity index (χ0) is 16.9. The molecule has 0 fully saturated rings. The summed E-state index contributed by atoms with van der Waals surface area (Å²) in [5.74, 6) is -1.37. The second kappa shape index (κ2) is 7.12. The van der Waals surface area contributed by atoms with Crippen LogP contribution in [0.25, 0.3) is 0 Å². The summed E-state index contributed by atoms with van der Waals surface area (Å²) in [5.41, 5.74) is 1.07. The van der Waals surface area contributed by atoms with Crippen LogP contribution in [0.2, 0.25) is 0 Å². The lowest BCUT2D eigenvalue weighted by Crippen LogP contribution is -2.30. The average Bonchev–Trinajstić information content (AvgIpc) is 2.96. The Morgan fingerprint density at radius 2 is 2.00 bits per heavy atom. The molecular formula is C14H14F3N3O3. The molecule has 0 aliphatic rings. The number of benzene rings is 1. The van der Waals surface area contributed by atoms with Crippen molar-refractivity contribution < 1.29 is 27.2 Å². The molecule has 1 heterocycles. The summed E-state index contributed by atoms with van der Waals surface area (Å²) in [4.78, 5) is 14.8. The van der Waals surface area contributed by atoms with Crippen LogP contribution < -0.4 is 10.1 Å². The van der Waals surface area contributed by atoms with E-state index in [0.717, 1.165) is 5.56 Å². The Hall–Kier alpha value is -2.58. The molecule has 0 bridgehead atoms. The Morgan fingerprint density at radius 3 is 2.61 bits per heavy atom. The summed E-state index contributed by atoms with van der Waals surface area (Å²) in [6.45, 7) is 1.81. The summed E-state index contributed by atoms with van der Waals surface area (Å²) in [6.07, 6.45) is -4.65. The number of hydrogen-bond acceptors (Lipinski definition) is 5. The quantitative estimate of drug-likeness (QED) is 0.878. The number of hydrogen-bond donors (Lipinski definition) is 1. The van der Waals surface area contributed by atoms with Crippen molar-refractivity contribution >= 4 is 5.91 Å². The normalized spacial score (nSPS) is 11.3. The summed E-state index contributed by atoms with van der Waals surface area (Å²) in [6, 6.07) is 7.17. The summed E-state index contributed by atoms with van der Waals surface area (Å²) >= 11 is 0. The fourth-order valence-corrected chi connectivity index (χ4v) is 1.62. The number of halogens is 3. The molecule has 1 aromatic heterocycles. The highest BCUT2D eigenvalue weighted by Gasteiger charge is 2.38. The number of ether oxygens (including phenoxy) is 1. The van der Waals surface area contributed by atoms with E-state index in [9.17, 15) is 18.0 Å². The van der Waals surface area contributed by atoms with Crippen molar-refractivity contribution in [2.24, 2.45) is 0 Å². The smallest absolute Gasteiger partial charge is 0.471 e. The lowest BCUT2D eigenvalue weighted by Gasteiger charge is -2.06. The number of aromatic nitrogens is 2. The highest BCUT2D eigenvalue weighted by atomic mass is 19.4. The van der Waals surface area contributed by atoms with Gasteiger partial charge in [0, 0.05) is 13.0 Å². The first-order valence-corrected chi connectivity index (χ1v) is 6.70. The van der Waals surface area contributed by atoms with E-state index in [-0.39, 0.29) is 25.4 Å². The lowest BCUT2D eigenvalue weighted by molar-refractivity contribution is -0.159. The van der Waals surface area contributed by atoms with E-state index in [4.69, 9.17) is 4.74 Å². The monoisotopic (exact) mass is 329 g/mol. The van der Waals surface area contributed by atoms with Gasteiger partial charge < -0.3 is 14.6 Å². The van der Waals surface area contributed by atoms with E-state index in [1.54, 1.807) is 12.1 Å². The number of rotatable bonds is 6. The minimum atomic E-state index is -4.67. The van der Waals surface area contributed by atoms with Gasteiger partial charge in [-0.05, 0) is 19.1 Å². The standard InChI is InChI=1S/C14H14F3N3O3/c1-9-2-4-10(5-3-9)22-8-12(21)18-7-6-11-19-13(23-20-11)14(15,16)17/h2-5H,6-8H2,1H3,(H,18,21). The van der Waals surface area contributed by atoms with Crippen LogP contribution in [0.4, 0.5) is 13.2 Å². The highest BCUT2D eigenvalue weighted by Crippen LogP contribution is 2.27. The second-order valence-electron chi connectivity index (χ2n) is 4.72. The molecule has 0 unspecified atom stereocenters. The van der Waals surface area contributed by atoms with Gasteiger partial charge in [0.2, 0.25) is 0 Å². The molecule has 0 spiro atoms. The van der Waals surface area contributed by atoms with E-state index < -0.39 is 18.0 Å². The van der Waals surface area contributed by atoms with Gasteiger partial charge in [0.15, 0.2) is 12.4 Å². The number of nitrogens with one attached hydrogen (secondary N) is 1. The van der Waals surface area contributed by atoms with Gasteiger partial charge in [-0.2, -0.15) is 18.2 Å². The van der Waals surface area contributed by atoms with E-state index in [0.29, 0.717) is 5.75 Å². The summed E-state index contributed by atoms with van der Waals surface area (Å²) < 4.78 is 46.1. The molecule has 0 radical (unpaired) electrons. The molecule has 0 saturated heterocycles. The maximum atomic E-state index is 12.3. The maximum absolute atomic E-state index is 12.3. The summed E-state index contributed by atoms with van der Waals surface area (Å²) in [7, 11) is 0. The molecule has 0 saturated carbocycles. The van der Waals surface area contributed by atoms with Crippen LogP contribution in [0.15, 0.2) is 28.8 Å². The molecule has 0 aliphatic heterocycles. The fraction of sp³-hybridized carbons (Fsp3) is 0.357. The average molecular weight is 329 g/mol. The Kier molecular flexibility index (Phi) is 5.20. The molecule has 0 aliphatic carbocycles. The first-order valence-electron chi connectivity index (χ1n) is 6.70. The van der Waals surface area contributed by atoms with Crippen molar-refractivity contribution in [2.45, 2.75) is 19.5 Å². The number of carbonyl (C=O) groups is 1. The molecule has 0 atom stereocenters. The van der Waals surface area contributed by atoms with Crippen LogP contribution in [0.1, 0.15) is 17.3 Å². The molecule has 124 valence electrons. The van der Waals surface area contributed by atoms with Gasteiger partial charge in [0.25, 0.3) is 5.91 Å².